The molecule has 2 amide bonds. The van der Waals surface area contributed by atoms with Crippen molar-refractivity contribution in [1.82, 2.24) is 5.32 Å². The van der Waals surface area contributed by atoms with Gasteiger partial charge in [0.05, 0.1) is 4.90 Å². The highest BCUT2D eigenvalue weighted by Crippen LogP contribution is 2.27. The fourth-order valence-corrected chi connectivity index (χ4v) is 4.91. The number of carboxylic acid groups (broad SMARTS) is 1. The minimum Gasteiger partial charge on any atom is -0.465 e. The second-order valence-corrected chi connectivity index (χ2v) is 10.4. The van der Waals surface area contributed by atoms with E-state index >= 15 is 0 Å². The number of primary sulfonamides is 1. The first-order chi connectivity index (χ1) is 18.0. The van der Waals surface area contributed by atoms with Crippen molar-refractivity contribution < 1.29 is 23.1 Å². The van der Waals surface area contributed by atoms with E-state index in [1.807, 2.05) is 0 Å². The van der Waals surface area contributed by atoms with Crippen molar-refractivity contribution in [3.8, 4) is 11.1 Å². The zero-order valence-corrected chi connectivity index (χ0v) is 21.5. The lowest BCUT2D eigenvalue weighted by Gasteiger charge is -2.22. The zero-order chi connectivity index (χ0) is 27.7. The molecule has 11 heteroatoms. The smallest absolute Gasteiger partial charge is 0.409 e. The van der Waals surface area contributed by atoms with Crippen molar-refractivity contribution in [2.24, 2.45) is 10.9 Å². The topological polar surface area (TPSA) is 188 Å². The number of sulfonamides is 1. The summed E-state index contributed by atoms with van der Waals surface area (Å²) in [5.74, 6) is -0.0766. The Labute approximate surface area is 221 Å². The molecule has 0 spiro atoms. The quantitative estimate of drug-likeness (QED) is 0.202. The summed E-state index contributed by atoms with van der Waals surface area (Å²) >= 11 is 0. The lowest BCUT2D eigenvalue weighted by atomic mass is 9.95. The minimum atomic E-state index is -3.82. The van der Waals surface area contributed by atoms with E-state index in [9.17, 15) is 18.0 Å². The number of nitrogens with two attached hydrogens (primary N) is 2. The Balaban J connectivity index is 0.000000212. The highest BCUT2D eigenvalue weighted by Gasteiger charge is 2.17. The van der Waals surface area contributed by atoms with Crippen LogP contribution in [0.4, 0.5) is 10.5 Å². The second-order valence-electron chi connectivity index (χ2n) is 8.85. The Hall–Kier alpha value is -4.22. The average Bonchev–Trinajstić information content (AvgIpc) is 2.89. The van der Waals surface area contributed by atoms with Crippen LogP contribution < -0.4 is 21.5 Å². The van der Waals surface area contributed by atoms with Gasteiger partial charge in [0.25, 0.3) is 5.91 Å². The molecule has 0 aliphatic heterocycles. The van der Waals surface area contributed by atoms with Gasteiger partial charge in [-0.3, -0.25) is 15.5 Å². The van der Waals surface area contributed by atoms with Gasteiger partial charge >= 0.3 is 6.09 Å². The normalized spacial score (nSPS) is 13.5. The molecule has 1 fully saturated rings. The standard InChI is InChI=1S/C14H19N3O.C13H12N2O4S/c15-13(16)10-5-4-6-11(9-10)14(18)17-12-7-2-1-3-8-12;14-20(18,19)12-4-2-1-3-11(12)9-5-7-10(8-6-9)15-13(16)17/h4-6,9,12H,1-3,7-8H2,(H3,15,16)(H,17,18);1-8,15H,(H,16,17)(H2,14,18,19). The van der Waals surface area contributed by atoms with Crippen molar-refractivity contribution >= 4 is 33.5 Å². The van der Waals surface area contributed by atoms with Crippen molar-refractivity contribution in [3.63, 3.8) is 0 Å². The van der Waals surface area contributed by atoms with Gasteiger partial charge in [0.15, 0.2) is 0 Å². The number of carbonyl (C=O) groups excluding carboxylic acids is 1. The van der Waals surface area contributed by atoms with E-state index in [0.717, 1.165) is 12.8 Å². The van der Waals surface area contributed by atoms with Gasteiger partial charge in [-0.05, 0) is 48.7 Å². The minimum absolute atomic E-state index is 0.0117. The van der Waals surface area contributed by atoms with Gasteiger partial charge in [0.1, 0.15) is 5.84 Å². The number of rotatable bonds is 6. The third-order valence-corrected chi connectivity index (χ3v) is 6.99. The molecule has 10 nitrogen and oxygen atoms in total. The predicted octanol–water partition coefficient (Wildman–Crippen LogP) is 4.12. The number of carbonyl (C=O) groups is 2. The molecule has 38 heavy (non-hydrogen) atoms. The van der Waals surface area contributed by atoms with Gasteiger partial charge in [-0.1, -0.05) is 61.7 Å². The average molecular weight is 538 g/mol. The van der Waals surface area contributed by atoms with E-state index in [-0.39, 0.29) is 16.6 Å². The number of amidine groups is 1. The Morgan fingerprint density at radius 3 is 2.13 bits per heavy atom. The van der Waals surface area contributed by atoms with Crippen LogP contribution in [0.3, 0.4) is 0 Å². The molecule has 0 saturated heterocycles. The monoisotopic (exact) mass is 537 g/mol. The van der Waals surface area contributed by atoms with Crippen LogP contribution in [-0.2, 0) is 10.0 Å². The van der Waals surface area contributed by atoms with Crippen molar-refractivity contribution in [2.75, 3.05) is 5.32 Å². The number of benzene rings is 3. The molecule has 0 bridgehead atoms. The van der Waals surface area contributed by atoms with E-state index in [1.165, 1.54) is 25.3 Å². The van der Waals surface area contributed by atoms with E-state index < -0.39 is 16.1 Å². The zero-order valence-electron chi connectivity index (χ0n) is 20.7. The second kappa shape index (κ2) is 12.8. The summed E-state index contributed by atoms with van der Waals surface area (Å²) in [7, 11) is -3.82. The summed E-state index contributed by atoms with van der Waals surface area (Å²) in [6.45, 7) is 0. The molecule has 0 atom stereocenters. The van der Waals surface area contributed by atoms with Crippen LogP contribution in [0.5, 0.6) is 0 Å². The number of nitrogens with one attached hydrogen (secondary N) is 3. The van der Waals surface area contributed by atoms with Crippen LogP contribution in [0.25, 0.3) is 11.1 Å². The molecule has 3 aromatic rings. The number of hydrogen-bond donors (Lipinski definition) is 6. The number of nitrogen functional groups attached to an aromatic ring is 1. The number of anilines is 1. The summed E-state index contributed by atoms with van der Waals surface area (Å²) in [6.07, 6.45) is 4.63. The number of hydrogen-bond acceptors (Lipinski definition) is 5. The molecule has 0 radical (unpaired) electrons. The van der Waals surface area contributed by atoms with E-state index in [4.69, 9.17) is 21.4 Å². The first-order valence-corrected chi connectivity index (χ1v) is 13.6. The molecule has 0 unspecified atom stereocenters. The van der Waals surface area contributed by atoms with Gasteiger partial charge in [-0.15, -0.1) is 0 Å². The predicted molar refractivity (Wildman–Crippen MR) is 147 cm³/mol. The first-order valence-electron chi connectivity index (χ1n) is 12.0. The Kier molecular flexibility index (Phi) is 9.58. The molecule has 1 saturated carbocycles. The molecule has 1 aliphatic carbocycles. The van der Waals surface area contributed by atoms with Gasteiger partial charge in [0.2, 0.25) is 10.0 Å². The lowest BCUT2D eigenvalue weighted by Crippen LogP contribution is -2.36. The molecule has 8 N–H and O–H groups in total. The maximum absolute atomic E-state index is 12.1. The fraction of sp³-hybridized carbons (Fsp3) is 0.222. The third kappa shape index (κ3) is 8.15. The Bertz CT molecular complexity index is 1400. The molecule has 3 aromatic carbocycles. The highest BCUT2D eigenvalue weighted by molar-refractivity contribution is 7.89. The first kappa shape index (κ1) is 28.4. The summed E-state index contributed by atoms with van der Waals surface area (Å²) < 4.78 is 23.1. The summed E-state index contributed by atoms with van der Waals surface area (Å²) in [5.41, 5.74) is 8.08. The maximum Gasteiger partial charge on any atom is 0.409 e. The van der Waals surface area contributed by atoms with Gasteiger partial charge < -0.3 is 16.2 Å². The van der Waals surface area contributed by atoms with Crippen LogP contribution in [0.2, 0.25) is 0 Å². The fourth-order valence-electron chi connectivity index (χ4n) is 4.15. The Morgan fingerprint density at radius 1 is 0.895 bits per heavy atom. The molecule has 1 aliphatic rings. The molecule has 200 valence electrons. The summed E-state index contributed by atoms with van der Waals surface area (Å²) in [4.78, 5) is 22.6. The van der Waals surface area contributed by atoms with Crippen LogP contribution in [-0.4, -0.2) is 37.4 Å². The van der Waals surface area contributed by atoms with E-state index in [0.29, 0.717) is 34.0 Å². The molecule has 4 rings (SSSR count). The highest BCUT2D eigenvalue weighted by atomic mass is 32.2. The molecule has 0 aromatic heterocycles. The summed E-state index contributed by atoms with van der Waals surface area (Å²) in [5, 5.41) is 26.4. The third-order valence-electron chi connectivity index (χ3n) is 6.02. The molecular weight excluding hydrogens is 506 g/mol. The maximum atomic E-state index is 12.1. The van der Waals surface area contributed by atoms with Gasteiger partial charge in [0, 0.05) is 28.4 Å². The van der Waals surface area contributed by atoms with E-state index in [2.05, 4.69) is 10.6 Å². The Morgan fingerprint density at radius 2 is 1.53 bits per heavy atom. The van der Waals surface area contributed by atoms with Crippen molar-refractivity contribution in [3.05, 3.63) is 83.9 Å². The van der Waals surface area contributed by atoms with Crippen molar-refractivity contribution in [1.29, 1.82) is 5.41 Å². The van der Waals surface area contributed by atoms with Crippen LogP contribution in [0.1, 0.15) is 48.0 Å². The molecular formula is C27H31N5O5S. The van der Waals surface area contributed by atoms with Crippen LogP contribution >= 0.6 is 0 Å². The van der Waals surface area contributed by atoms with Crippen LogP contribution in [0.15, 0.2) is 77.7 Å². The van der Waals surface area contributed by atoms with Gasteiger partial charge in [-0.25, -0.2) is 18.4 Å². The molecule has 0 heterocycles. The van der Waals surface area contributed by atoms with Crippen molar-refractivity contribution in [2.45, 2.75) is 43.0 Å². The SMILES string of the molecule is N=C(N)c1cccc(C(=O)NC2CCCCC2)c1.NS(=O)(=O)c1ccccc1-c1ccc(NC(=O)O)cc1. The van der Waals surface area contributed by atoms with Gasteiger partial charge in [-0.2, -0.15) is 0 Å². The summed E-state index contributed by atoms with van der Waals surface area (Å²) in [6, 6.07) is 19.9. The largest absolute Gasteiger partial charge is 0.465 e. The lowest BCUT2D eigenvalue weighted by molar-refractivity contribution is 0.0927. The number of amides is 2. The van der Waals surface area contributed by atoms with Crippen LogP contribution in [0, 0.1) is 5.41 Å². The van der Waals surface area contributed by atoms with E-state index in [1.54, 1.807) is 66.7 Å².